The molecule has 0 aliphatic carbocycles. The number of anilines is 2. The number of allylic oxidation sites excluding steroid dienone is 2. The number of benzene rings is 2. The molecule has 3 aromatic rings. The zero-order valence-corrected chi connectivity index (χ0v) is 14.7. The van der Waals surface area contributed by atoms with Crippen LogP contribution < -0.4 is 10.6 Å². The van der Waals surface area contributed by atoms with Gasteiger partial charge >= 0.3 is 0 Å². The zero-order chi connectivity index (χ0) is 18.6. The molecule has 0 saturated heterocycles. The van der Waals surface area contributed by atoms with Crippen LogP contribution in [0, 0.1) is 11.3 Å². The third kappa shape index (κ3) is 3.44. The molecular formula is C23H18N4. The highest BCUT2D eigenvalue weighted by molar-refractivity contribution is 5.90. The smallest absolute Gasteiger partial charge is 0.0998 e. The van der Waals surface area contributed by atoms with E-state index in [1.165, 1.54) is 0 Å². The molecule has 0 fully saturated rings. The summed E-state index contributed by atoms with van der Waals surface area (Å²) in [6, 6.07) is 23.6. The van der Waals surface area contributed by atoms with Gasteiger partial charge in [-0.2, -0.15) is 5.26 Å². The van der Waals surface area contributed by atoms with Crippen molar-refractivity contribution in [3.63, 3.8) is 0 Å². The van der Waals surface area contributed by atoms with Gasteiger partial charge in [-0.25, -0.2) is 0 Å². The Morgan fingerprint density at radius 3 is 2.48 bits per heavy atom. The molecule has 27 heavy (non-hydrogen) atoms. The van der Waals surface area contributed by atoms with Gasteiger partial charge in [0.05, 0.1) is 17.3 Å². The van der Waals surface area contributed by atoms with Crippen LogP contribution in [0.5, 0.6) is 0 Å². The van der Waals surface area contributed by atoms with Crippen LogP contribution in [0.25, 0.3) is 11.1 Å². The minimum absolute atomic E-state index is 0.666. The molecule has 1 aromatic heterocycles. The predicted molar refractivity (Wildman–Crippen MR) is 110 cm³/mol. The van der Waals surface area contributed by atoms with E-state index in [4.69, 9.17) is 5.73 Å². The lowest BCUT2D eigenvalue weighted by atomic mass is 9.95. The van der Waals surface area contributed by atoms with Crippen LogP contribution in [0.15, 0.2) is 85.2 Å². The molecule has 4 rings (SSSR count). The average Bonchev–Trinajstić information content (AvgIpc) is 2.74. The maximum absolute atomic E-state index is 9.51. The van der Waals surface area contributed by atoms with Gasteiger partial charge in [-0.05, 0) is 59.7 Å². The van der Waals surface area contributed by atoms with Crippen molar-refractivity contribution in [1.82, 2.24) is 4.98 Å². The summed E-state index contributed by atoms with van der Waals surface area (Å²) in [6.45, 7) is 0.666. The van der Waals surface area contributed by atoms with E-state index < -0.39 is 0 Å². The summed E-state index contributed by atoms with van der Waals surface area (Å²) in [4.78, 5) is 6.65. The molecule has 0 bridgehead atoms. The summed E-state index contributed by atoms with van der Waals surface area (Å²) in [5.74, 6) is 0. The molecular weight excluding hydrogens is 332 g/mol. The average molecular weight is 350 g/mol. The third-order valence-electron chi connectivity index (χ3n) is 4.54. The molecule has 0 saturated carbocycles. The topological polar surface area (TPSA) is 65.9 Å². The summed E-state index contributed by atoms with van der Waals surface area (Å²) < 4.78 is 0. The van der Waals surface area contributed by atoms with Crippen LogP contribution >= 0.6 is 0 Å². The van der Waals surface area contributed by atoms with Crippen LogP contribution in [0.4, 0.5) is 11.4 Å². The summed E-state index contributed by atoms with van der Waals surface area (Å²) in [5, 5.41) is 9.51. The summed E-state index contributed by atoms with van der Waals surface area (Å²) >= 11 is 0. The molecule has 0 spiro atoms. The number of aromatic nitrogens is 1. The van der Waals surface area contributed by atoms with Gasteiger partial charge in [0.2, 0.25) is 0 Å². The second-order valence-electron chi connectivity index (χ2n) is 6.35. The highest BCUT2D eigenvalue weighted by atomic mass is 15.1. The number of hydrogen-bond acceptors (Lipinski definition) is 4. The Morgan fingerprint density at radius 2 is 1.74 bits per heavy atom. The number of nitrogens with two attached hydrogens (primary N) is 1. The van der Waals surface area contributed by atoms with Crippen LogP contribution in [0.2, 0.25) is 0 Å². The number of hydrogen-bond donors (Lipinski definition) is 1. The van der Waals surface area contributed by atoms with E-state index in [9.17, 15) is 5.26 Å². The van der Waals surface area contributed by atoms with Crippen LogP contribution in [0.1, 0.15) is 16.8 Å². The van der Waals surface area contributed by atoms with E-state index in [2.05, 4.69) is 28.2 Å². The molecule has 0 radical (unpaired) electrons. The molecule has 0 atom stereocenters. The highest BCUT2D eigenvalue weighted by Crippen LogP contribution is 2.32. The van der Waals surface area contributed by atoms with Crippen LogP contribution in [-0.4, -0.2) is 11.5 Å². The van der Waals surface area contributed by atoms with Crippen molar-refractivity contribution >= 4 is 22.5 Å². The van der Waals surface area contributed by atoms with Gasteiger partial charge in [0.1, 0.15) is 0 Å². The Hall–Kier alpha value is -3.84. The zero-order valence-electron chi connectivity index (χ0n) is 14.7. The number of nitrogens with zero attached hydrogens (tertiary/aromatic N) is 3. The second-order valence-corrected chi connectivity index (χ2v) is 6.35. The maximum Gasteiger partial charge on any atom is 0.0998 e. The van der Waals surface area contributed by atoms with Crippen molar-refractivity contribution in [2.75, 3.05) is 17.2 Å². The first-order valence-corrected chi connectivity index (χ1v) is 8.70. The first-order valence-electron chi connectivity index (χ1n) is 8.70. The number of rotatable bonds is 3. The minimum Gasteiger partial charge on any atom is -0.399 e. The van der Waals surface area contributed by atoms with E-state index in [-0.39, 0.29) is 0 Å². The Kier molecular flexibility index (Phi) is 4.42. The van der Waals surface area contributed by atoms with Crippen molar-refractivity contribution in [2.45, 2.75) is 0 Å². The fraction of sp³-hybridized carbons (Fsp3) is 0.0435. The maximum atomic E-state index is 9.51. The van der Waals surface area contributed by atoms with Crippen molar-refractivity contribution in [3.8, 4) is 6.07 Å². The summed E-state index contributed by atoms with van der Waals surface area (Å²) in [6.07, 6.45) is 5.99. The third-order valence-corrected chi connectivity index (χ3v) is 4.54. The Balaban J connectivity index is 1.82. The first kappa shape index (κ1) is 16.6. The fourth-order valence-corrected chi connectivity index (χ4v) is 3.20. The molecule has 2 N–H and O–H groups in total. The second kappa shape index (κ2) is 7.19. The number of pyridine rings is 1. The number of nitriles is 1. The molecule has 1 aliphatic heterocycles. The van der Waals surface area contributed by atoms with Gasteiger partial charge in [0, 0.05) is 35.9 Å². The SMILES string of the molecule is N#Cc1ccccc1C1=CC(c2ccccn2)=CN(c2ccc(N)cc2)C1. The lowest BCUT2D eigenvalue weighted by Crippen LogP contribution is -2.22. The number of nitrogen functional groups attached to an aromatic ring is 1. The normalized spacial score (nSPS) is 13.5. The standard InChI is InChI=1S/C23H18N4/c24-14-17-5-1-2-6-22(17)18-13-19(23-7-3-4-12-26-23)16-27(15-18)21-10-8-20(25)9-11-21/h1-13,16H,15,25H2. The Bertz CT molecular complexity index is 1060. The molecule has 2 heterocycles. The van der Waals surface area contributed by atoms with E-state index >= 15 is 0 Å². The monoisotopic (exact) mass is 350 g/mol. The van der Waals surface area contributed by atoms with Gasteiger partial charge in [-0.3, -0.25) is 4.98 Å². The van der Waals surface area contributed by atoms with Crippen LogP contribution in [-0.2, 0) is 0 Å². The van der Waals surface area contributed by atoms with E-state index in [1.807, 2.05) is 66.7 Å². The van der Waals surface area contributed by atoms with Crippen molar-refractivity contribution in [1.29, 1.82) is 5.26 Å². The van der Waals surface area contributed by atoms with Crippen molar-refractivity contribution in [2.24, 2.45) is 0 Å². The molecule has 0 amide bonds. The summed E-state index contributed by atoms with van der Waals surface area (Å²) in [7, 11) is 0. The molecule has 0 unspecified atom stereocenters. The predicted octanol–water partition coefficient (Wildman–Crippen LogP) is 4.48. The molecule has 1 aliphatic rings. The van der Waals surface area contributed by atoms with Gasteiger partial charge in [0.25, 0.3) is 0 Å². The quantitative estimate of drug-likeness (QED) is 0.707. The largest absolute Gasteiger partial charge is 0.399 e. The molecule has 4 heteroatoms. The van der Waals surface area contributed by atoms with Crippen molar-refractivity contribution < 1.29 is 0 Å². The van der Waals surface area contributed by atoms with E-state index in [1.54, 1.807) is 6.20 Å². The van der Waals surface area contributed by atoms with Gasteiger partial charge in [0.15, 0.2) is 0 Å². The van der Waals surface area contributed by atoms with E-state index in [0.29, 0.717) is 12.1 Å². The molecule has 130 valence electrons. The minimum atomic E-state index is 0.666. The Labute approximate surface area is 158 Å². The molecule has 2 aromatic carbocycles. The van der Waals surface area contributed by atoms with Gasteiger partial charge < -0.3 is 10.6 Å². The first-order chi connectivity index (χ1) is 13.2. The van der Waals surface area contributed by atoms with Crippen LogP contribution in [0.3, 0.4) is 0 Å². The lowest BCUT2D eigenvalue weighted by Gasteiger charge is -2.28. The molecule has 4 nitrogen and oxygen atoms in total. The highest BCUT2D eigenvalue weighted by Gasteiger charge is 2.18. The van der Waals surface area contributed by atoms with Crippen molar-refractivity contribution in [3.05, 3.63) is 102 Å². The van der Waals surface area contributed by atoms with E-state index in [0.717, 1.165) is 33.8 Å². The van der Waals surface area contributed by atoms with Gasteiger partial charge in [-0.1, -0.05) is 24.3 Å². The summed E-state index contributed by atoms with van der Waals surface area (Å²) in [5.41, 5.74) is 12.2. The van der Waals surface area contributed by atoms with Gasteiger partial charge in [-0.15, -0.1) is 0 Å². The lowest BCUT2D eigenvalue weighted by molar-refractivity contribution is 1.08. The Morgan fingerprint density at radius 1 is 0.963 bits per heavy atom. The fourth-order valence-electron chi connectivity index (χ4n) is 3.20.